The second-order valence-corrected chi connectivity index (χ2v) is 8.89. The van der Waals surface area contributed by atoms with E-state index in [-0.39, 0.29) is 17.9 Å². The Morgan fingerprint density at radius 3 is 2.55 bits per heavy atom. The zero-order valence-corrected chi connectivity index (χ0v) is 19.2. The van der Waals surface area contributed by atoms with Crippen molar-refractivity contribution in [3.8, 4) is 17.1 Å². The van der Waals surface area contributed by atoms with Crippen molar-refractivity contribution in [2.75, 3.05) is 6.61 Å². The molecule has 1 N–H and O–H groups in total. The first-order valence-electron chi connectivity index (χ1n) is 10.1. The van der Waals surface area contributed by atoms with Crippen molar-refractivity contribution in [2.24, 2.45) is 5.10 Å². The SMILES string of the molecule is Cc1ccc(-c2ccc(/C=N\NC(=O)COc3ccc(C(C)(C)C)cc3C)o2)cc1Cl. The van der Waals surface area contributed by atoms with E-state index in [0.717, 1.165) is 16.7 Å². The van der Waals surface area contributed by atoms with E-state index < -0.39 is 0 Å². The fraction of sp³-hybridized carbons (Fsp3) is 0.280. The molecule has 0 bridgehead atoms. The molecular weight excluding hydrogens is 412 g/mol. The Labute approximate surface area is 188 Å². The number of carbonyl (C=O) groups excluding carboxylic acids is 1. The van der Waals surface area contributed by atoms with E-state index in [1.54, 1.807) is 6.07 Å². The molecule has 0 aliphatic carbocycles. The summed E-state index contributed by atoms with van der Waals surface area (Å²) in [4.78, 5) is 12.0. The van der Waals surface area contributed by atoms with Gasteiger partial charge in [0.15, 0.2) is 6.61 Å². The van der Waals surface area contributed by atoms with E-state index in [9.17, 15) is 4.79 Å². The number of hydrogen-bond acceptors (Lipinski definition) is 4. The van der Waals surface area contributed by atoms with Crippen LogP contribution in [-0.2, 0) is 10.2 Å². The molecule has 6 heteroatoms. The van der Waals surface area contributed by atoms with Gasteiger partial charge in [0.25, 0.3) is 5.91 Å². The van der Waals surface area contributed by atoms with Crippen molar-refractivity contribution in [1.29, 1.82) is 0 Å². The minimum absolute atomic E-state index is 0.0623. The average molecular weight is 439 g/mol. The lowest BCUT2D eigenvalue weighted by Gasteiger charge is -2.20. The van der Waals surface area contributed by atoms with Gasteiger partial charge in [0.05, 0.1) is 6.21 Å². The first-order chi connectivity index (χ1) is 14.6. The molecule has 31 heavy (non-hydrogen) atoms. The first kappa shape index (κ1) is 22.6. The van der Waals surface area contributed by atoms with Gasteiger partial charge in [-0.05, 0) is 60.2 Å². The fourth-order valence-corrected chi connectivity index (χ4v) is 3.13. The van der Waals surface area contributed by atoms with E-state index in [1.807, 2.05) is 50.2 Å². The number of benzene rings is 2. The van der Waals surface area contributed by atoms with Crippen molar-refractivity contribution in [3.05, 3.63) is 76.0 Å². The van der Waals surface area contributed by atoms with E-state index in [1.165, 1.54) is 11.8 Å². The van der Waals surface area contributed by atoms with Crippen LogP contribution in [0.5, 0.6) is 5.75 Å². The van der Waals surface area contributed by atoms with Gasteiger partial charge >= 0.3 is 0 Å². The standard InChI is InChI=1S/C25H27ClN2O3/c1-16-6-7-18(13-21(16)26)23-11-9-20(31-23)14-27-28-24(29)15-30-22-10-8-19(12-17(22)2)25(3,4)5/h6-14H,15H2,1-5H3,(H,28,29)/b27-14-. The third-order valence-electron chi connectivity index (χ3n) is 4.86. The topological polar surface area (TPSA) is 63.8 Å². The van der Waals surface area contributed by atoms with Gasteiger partial charge < -0.3 is 9.15 Å². The molecule has 0 fully saturated rings. The normalized spacial score (nSPS) is 11.7. The van der Waals surface area contributed by atoms with Crippen molar-refractivity contribution < 1.29 is 13.9 Å². The molecule has 2 aromatic carbocycles. The van der Waals surface area contributed by atoms with Crippen LogP contribution in [0.15, 0.2) is 58.0 Å². The van der Waals surface area contributed by atoms with Crippen LogP contribution in [0.3, 0.4) is 0 Å². The van der Waals surface area contributed by atoms with Crippen LogP contribution in [0.4, 0.5) is 0 Å². The monoisotopic (exact) mass is 438 g/mol. The number of aryl methyl sites for hydroxylation is 2. The van der Waals surface area contributed by atoms with Gasteiger partial charge in [-0.1, -0.05) is 56.6 Å². The first-order valence-corrected chi connectivity index (χ1v) is 10.4. The molecule has 5 nitrogen and oxygen atoms in total. The Morgan fingerprint density at radius 1 is 1.10 bits per heavy atom. The third kappa shape index (κ3) is 5.98. The van der Waals surface area contributed by atoms with Crippen molar-refractivity contribution in [2.45, 2.75) is 40.0 Å². The van der Waals surface area contributed by atoms with E-state index >= 15 is 0 Å². The quantitative estimate of drug-likeness (QED) is 0.376. The van der Waals surface area contributed by atoms with Crippen molar-refractivity contribution >= 4 is 23.7 Å². The molecular formula is C25H27ClN2O3. The predicted molar refractivity (Wildman–Crippen MR) is 125 cm³/mol. The predicted octanol–water partition coefficient (Wildman–Crippen LogP) is 6.04. The second kappa shape index (κ2) is 9.40. The summed E-state index contributed by atoms with van der Waals surface area (Å²) in [6, 6.07) is 15.3. The number of ether oxygens (including phenoxy) is 1. The Kier molecular flexibility index (Phi) is 6.86. The maximum Gasteiger partial charge on any atom is 0.277 e. The Balaban J connectivity index is 1.53. The van der Waals surface area contributed by atoms with Gasteiger partial charge in [0.2, 0.25) is 0 Å². The number of amides is 1. The number of rotatable bonds is 6. The average Bonchev–Trinajstić information content (AvgIpc) is 3.17. The van der Waals surface area contributed by atoms with Gasteiger partial charge in [-0.25, -0.2) is 5.43 Å². The number of hydrogen-bond donors (Lipinski definition) is 1. The van der Waals surface area contributed by atoms with Crippen LogP contribution in [0.1, 0.15) is 43.2 Å². The van der Waals surface area contributed by atoms with Gasteiger partial charge in [0, 0.05) is 10.6 Å². The van der Waals surface area contributed by atoms with Gasteiger partial charge in [-0.15, -0.1) is 0 Å². The number of furan rings is 1. The largest absolute Gasteiger partial charge is 0.483 e. The van der Waals surface area contributed by atoms with E-state index in [0.29, 0.717) is 22.3 Å². The molecule has 3 aromatic rings. The molecule has 0 aliphatic rings. The molecule has 0 aliphatic heterocycles. The van der Waals surface area contributed by atoms with Crippen LogP contribution in [0, 0.1) is 13.8 Å². The number of hydrazone groups is 1. The van der Waals surface area contributed by atoms with Crippen LogP contribution in [0.25, 0.3) is 11.3 Å². The lowest BCUT2D eigenvalue weighted by molar-refractivity contribution is -0.123. The summed E-state index contributed by atoms with van der Waals surface area (Å²) in [5.74, 6) is 1.51. The van der Waals surface area contributed by atoms with Crippen LogP contribution >= 0.6 is 11.6 Å². The maximum absolute atomic E-state index is 12.0. The summed E-state index contributed by atoms with van der Waals surface area (Å²) < 4.78 is 11.4. The summed E-state index contributed by atoms with van der Waals surface area (Å²) in [6.07, 6.45) is 1.45. The zero-order chi connectivity index (χ0) is 22.6. The minimum atomic E-state index is -0.354. The summed E-state index contributed by atoms with van der Waals surface area (Å²) in [5, 5.41) is 4.62. The molecule has 1 heterocycles. The highest BCUT2D eigenvalue weighted by Gasteiger charge is 2.15. The lowest BCUT2D eigenvalue weighted by atomic mass is 9.86. The number of halogens is 1. The highest BCUT2D eigenvalue weighted by molar-refractivity contribution is 6.31. The molecule has 162 valence electrons. The second-order valence-electron chi connectivity index (χ2n) is 8.48. The smallest absolute Gasteiger partial charge is 0.277 e. The molecule has 0 unspecified atom stereocenters. The number of nitrogens with zero attached hydrogens (tertiary/aromatic N) is 1. The molecule has 3 rings (SSSR count). The zero-order valence-electron chi connectivity index (χ0n) is 18.5. The minimum Gasteiger partial charge on any atom is -0.483 e. The Morgan fingerprint density at radius 2 is 1.87 bits per heavy atom. The van der Waals surface area contributed by atoms with Crippen molar-refractivity contribution in [3.63, 3.8) is 0 Å². The molecule has 0 radical (unpaired) electrons. The molecule has 1 amide bonds. The highest BCUT2D eigenvalue weighted by atomic mass is 35.5. The summed E-state index contributed by atoms with van der Waals surface area (Å²) in [5.41, 5.74) is 6.60. The summed E-state index contributed by atoms with van der Waals surface area (Å²) >= 11 is 6.17. The molecule has 0 saturated carbocycles. The van der Waals surface area contributed by atoms with Crippen molar-refractivity contribution in [1.82, 2.24) is 5.43 Å². The van der Waals surface area contributed by atoms with Gasteiger partial charge in [0.1, 0.15) is 17.3 Å². The molecule has 0 atom stereocenters. The Hall–Kier alpha value is -3.05. The molecule has 0 saturated heterocycles. The summed E-state index contributed by atoms with van der Waals surface area (Å²) in [7, 11) is 0. The van der Waals surface area contributed by atoms with Gasteiger partial charge in [-0.2, -0.15) is 5.10 Å². The third-order valence-corrected chi connectivity index (χ3v) is 5.27. The number of carbonyl (C=O) groups is 1. The van der Waals surface area contributed by atoms with E-state index in [2.05, 4.69) is 37.4 Å². The highest BCUT2D eigenvalue weighted by Crippen LogP contribution is 2.28. The summed E-state index contributed by atoms with van der Waals surface area (Å²) in [6.45, 7) is 10.3. The molecule has 0 spiro atoms. The van der Waals surface area contributed by atoms with E-state index in [4.69, 9.17) is 20.8 Å². The lowest BCUT2D eigenvalue weighted by Crippen LogP contribution is -2.24. The maximum atomic E-state index is 12.0. The fourth-order valence-electron chi connectivity index (χ4n) is 2.94. The Bertz CT molecular complexity index is 1110. The number of nitrogens with one attached hydrogen (secondary N) is 1. The van der Waals surface area contributed by atoms with Crippen LogP contribution in [0.2, 0.25) is 5.02 Å². The van der Waals surface area contributed by atoms with Gasteiger partial charge in [-0.3, -0.25) is 4.79 Å². The van der Waals surface area contributed by atoms with Crippen LogP contribution in [-0.4, -0.2) is 18.7 Å². The van der Waals surface area contributed by atoms with Crippen LogP contribution < -0.4 is 10.2 Å². The molecule has 1 aromatic heterocycles.